The van der Waals surface area contributed by atoms with Crippen LogP contribution in [0.15, 0.2) is 36.4 Å². The summed E-state index contributed by atoms with van der Waals surface area (Å²) in [6.45, 7) is 1.24. The van der Waals surface area contributed by atoms with E-state index < -0.39 is 8.60 Å². The molecule has 1 heterocycles. The van der Waals surface area contributed by atoms with Crippen LogP contribution in [0.2, 0.25) is 0 Å². The number of carbonyl (C=O) groups excluding carboxylic acids is 2. The molecule has 2 N–H and O–H groups in total. The first-order valence-electron chi connectivity index (χ1n) is 8.44. The maximum absolute atomic E-state index is 12.7. The lowest BCUT2D eigenvalue weighted by Gasteiger charge is -2.27. The Morgan fingerprint density at radius 3 is 1.96 bits per heavy atom. The molecule has 0 saturated carbocycles. The van der Waals surface area contributed by atoms with Crippen LogP contribution in [-0.4, -0.2) is 66.1 Å². The highest BCUT2D eigenvalue weighted by atomic mass is 31.2. The molecule has 2 aromatic carbocycles. The van der Waals surface area contributed by atoms with Gasteiger partial charge in [0.15, 0.2) is 0 Å². The van der Waals surface area contributed by atoms with Gasteiger partial charge in [0.05, 0.1) is 39.6 Å². The summed E-state index contributed by atoms with van der Waals surface area (Å²) in [7, 11) is -2.36. The van der Waals surface area contributed by atoms with Crippen molar-refractivity contribution in [3.8, 4) is 0 Å². The summed E-state index contributed by atoms with van der Waals surface area (Å²) in [5.41, 5.74) is 1.05. The molecule has 0 atom stereocenters. The molecule has 2 amide bonds. The maximum Gasteiger partial charge on any atom is 0.327 e. The Morgan fingerprint density at radius 2 is 1.37 bits per heavy atom. The van der Waals surface area contributed by atoms with Crippen molar-refractivity contribution in [2.24, 2.45) is 0 Å². The summed E-state index contributed by atoms with van der Waals surface area (Å²) in [5, 5.41) is 1.58. The molecule has 144 valence electrons. The van der Waals surface area contributed by atoms with E-state index in [0.717, 1.165) is 5.39 Å². The highest BCUT2D eigenvalue weighted by Crippen LogP contribution is 2.29. The molecule has 0 aromatic heterocycles. The number of imide groups is 1. The number of hydrogen-bond acceptors (Lipinski definition) is 7. The molecule has 3 rings (SSSR count). The van der Waals surface area contributed by atoms with Gasteiger partial charge in [-0.15, -0.1) is 0 Å². The summed E-state index contributed by atoms with van der Waals surface area (Å²) in [6.07, 6.45) is 0. The second-order valence-electron chi connectivity index (χ2n) is 5.78. The molecule has 8 nitrogen and oxygen atoms in total. The molecule has 0 fully saturated rings. The molecule has 1 aliphatic heterocycles. The van der Waals surface area contributed by atoms with Gasteiger partial charge in [-0.25, -0.2) is 0 Å². The van der Waals surface area contributed by atoms with Crippen molar-refractivity contribution in [3.63, 3.8) is 0 Å². The zero-order chi connectivity index (χ0) is 19.2. The van der Waals surface area contributed by atoms with Crippen molar-refractivity contribution in [1.29, 1.82) is 0 Å². The molecule has 9 heteroatoms. The number of carbonyl (C=O) groups is 2. The van der Waals surface area contributed by atoms with E-state index in [1.165, 1.54) is 4.90 Å². The summed E-state index contributed by atoms with van der Waals surface area (Å²) < 4.78 is 15.2. The smallest absolute Gasteiger partial charge is 0.327 e. The van der Waals surface area contributed by atoms with E-state index in [0.29, 0.717) is 23.1 Å². The van der Waals surface area contributed by atoms with Gasteiger partial charge in [0.2, 0.25) is 0 Å². The molecule has 0 unspecified atom stereocenters. The quantitative estimate of drug-likeness (QED) is 0.360. The van der Waals surface area contributed by atoms with Crippen LogP contribution in [0.25, 0.3) is 10.8 Å². The Morgan fingerprint density at radius 1 is 0.815 bits per heavy atom. The second-order valence-corrected chi connectivity index (χ2v) is 6.55. The molecule has 0 aliphatic carbocycles. The lowest BCUT2D eigenvalue weighted by atomic mass is 9.94. The van der Waals surface area contributed by atoms with E-state index >= 15 is 0 Å². The number of amides is 2. The third kappa shape index (κ3) is 4.68. The third-order valence-corrected chi connectivity index (χ3v) is 4.54. The van der Waals surface area contributed by atoms with Crippen molar-refractivity contribution in [1.82, 2.24) is 4.90 Å². The van der Waals surface area contributed by atoms with Crippen molar-refractivity contribution < 1.29 is 33.4 Å². The first-order valence-corrected chi connectivity index (χ1v) is 9.60. The average Bonchev–Trinajstić information content (AvgIpc) is 2.66. The van der Waals surface area contributed by atoms with Gasteiger partial charge >= 0.3 is 8.60 Å². The van der Waals surface area contributed by atoms with Gasteiger partial charge in [-0.05, 0) is 17.5 Å². The summed E-state index contributed by atoms with van der Waals surface area (Å²) in [4.78, 5) is 43.7. The largest absolute Gasteiger partial charge is 0.377 e. The zero-order valence-electron chi connectivity index (χ0n) is 14.5. The highest BCUT2D eigenvalue weighted by molar-refractivity contribution is 7.39. The number of nitrogens with zero attached hydrogens (tertiary/aromatic N) is 1. The van der Waals surface area contributed by atoms with E-state index in [2.05, 4.69) is 4.52 Å². The van der Waals surface area contributed by atoms with Crippen molar-refractivity contribution in [2.75, 3.05) is 39.6 Å². The van der Waals surface area contributed by atoms with E-state index in [-0.39, 0.29) is 44.8 Å². The van der Waals surface area contributed by atoms with E-state index in [4.69, 9.17) is 19.3 Å². The van der Waals surface area contributed by atoms with Gasteiger partial charge in [-0.2, -0.15) is 0 Å². The van der Waals surface area contributed by atoms with Gasteiger partial charge in [0.1, 0.15) is 0 Å². The topological polar surface area (TPSA) is 106 Å². The monoisotopic (exact) mass is 393 g/mol. The van der Waals surface area contributed by atoms with Crippen LogP contribution in [0.3, 0.4) is 0 Å². The minimum atomic E-state index is -2.36. The fourth-order valence-corrected chi connectivity index (χ4v) is 3.18. The zero-order valence-corrected chi connectivity index (χ0v) is 15.4. The summed E-state index contributed by atoms with van der Waals surface area (Å²) >= 11 is 0. The molecule has 0 radical (unpaired) electrons. The number of hydrogen-bond donors (Lipinski definition) is 2. The van der Waals surface area contributed by atoms with Crippen molar-refractivity contribution in [3.05, 3.63) is 47.5 Å². The summed E-state index contributed by atoms with van der Waals surface area (Å²) in [6, 6.07) is 10.8. The number of benzene rings is 2. The van der Waals surface area contributed by atoms with Crippen LogP contribution in [-0.2, 0) is 14.0 Å². The van der Waals surface area contributed by atoms with Crippen LogP contribution in [0.1, 0.15) is 20.7 Å². The van der Waals surface area contributed by atoms with E-state index in [1.54, 1.807) is 12.1 Å². The fraction of sp³-hybridized carbons (Fsp3) is 0.333. The predicted molar refractivity (Wildman–Crippen MR) is 98.3 cm³/mol. The lowest BCUT2D eigenvalue weighted by molar-refractivity contribution is 0.0260. The van der Waals surface area contributed by atoms with Crippen LogP contribution >= 0.6 is 8.60 Å². The molecule has 0 bridgehead atoms. The molecule has 27 heavy (non-hydrogen) atoms. The van der Waals surface area contributed by atoms with Crippen molar-refractivity contribution >= 4 is 31.2 Å². The number of ether oxygens (including phenoxy) is 2. The Labute approximate surface area is 157 Å². The first kappa shape index (κ1) is 19.8. The van der Waals surface area contributed by atoms with Gasteiger partial charge in [-0.3, -0.25) is 14.5 Å². The molecule has 2 aromatic rings. The first-order chi connectivity index (χ1) is 13.1. The molecular formula is C18H20NO7P. The van der Waals surface area contributed by atoms with Gasteiger partial charge in [-0.1, -0.05) is 24.3 Å². The minimum absolute atomic E-state index is 0.0838. The second kappa shape index (κ2) is 9.32. The molecular weight excluding hydrogens is 373 g/mol. The van der Waals surface area contributed by atoms with Gasteiger partial charge in [0, 0.05) is 16.5 Å². The summed E-state index contributed by atoms with van der Waals surface area (Å²) in [5.74, 6) is -0.628. The van der Waals surface area contributed by atoms with Gasteiger partial charge < -0.3 is 23.8 Å². The SMILES string of the molecule is O=C1c2cccc3cccc(c23)C(=O)N1CCOCCOCCOP(O)O. The van der Waals surface area contributed by atoms with Crippen molar-refractivity contribution in [2.45, 2.75) is 0 Å². The Kier molecular flexibility index (Phi) is 6.84. The fourth-order valence-electron chi connectivity index (χ4n) is 2.94. The average molecular weight is 393 g/mol. The molecule has 0 saturated heterocycles. The maximum atomic E-state index is 12.7. The van der Waals surface area contributed by atoms with Crippen LogP contribution in [0.5, 0.6) is 0 Å². The standard InChI is InChI=1S/C18H20NO7P/c20-17-14-5-1-3-13-4-2-6-15(16(13)14)18(21)19(17)7-8-24-9-10-25-11-12-26-27(22)23/h1-6,22-23H,7-12H2. The Hall–Kier alpha value is -1.93. The molecule has 1 aliphatic rings. The normalized spacial score (nSPS) is 13.8. The Balaban J connectivity index is 1.48. The highest BCUT2D eigenvalue weighted by Gasteiger charge is 2.32. The minimum Gasteiger partial charge on any atom is -0.377 e. The molecule has 0 spiro atoms. The predicted octanol–water partition coefficient (Wildman–Crippen LogP) is 1.70. The van der Waals surface area contributed by atoms with Gasteiger partial charge in [0.25, 0.3) is 11.8 Å². The number of rotatable bonds is 10. The Bertz CT molecular complexity index is 776. The van der Waals surface area contributed by atoms with Crippen LogP contribution in [0.4, 0.5) is 0 Å². The van der Waals surface area contributed by atoms with Crippen LogP contribution in [0, 0.1) is 0 Å². The lowest BCUT2D eigenvalue weighted by Crippen LogP contribution is -2.42. The van der Waals surface area contributed by atoms with Crippen LogP contribution < -0.4 is 0 Å². The van der Waals surface area contributed by atoms with E-state index in [9.17, 15) is 9.59 Å². The third-order valence-electron chi connectivity index (χ3n) is 4.12. The van der Waals surface area contributed by atoms with E-state index in [1.807, 2.05) is 24.3 Å².